The van der Waals surface area contributed by atoms with Gasteiger partial charge in [0, 0.05) is 31.1 Å². The molecule has 0 amide bonds. The van der Waals surface area contributed by atoms with Crippen molar-refractivity contribution in [2.45, 2.75) is 25.8 Å². The second-order valence-electron chi connectivity index (χ2n) is 5.15. The Labute approximate surface area is 118 Å². The third kappa shape index (κ3) is 3.24. The van der Waals surface area contributed by atoms with E-state index in [4.69, 9.17) is 0 Å². The van der Waals surface area contributed by atoms with Crippen LogP contribution in [-0.2, 0) is 15.0 Å². The van der Waals surface area contributed by atoms with E-state index in [2.05, 4.69) is 0 Å². The molecular formula is C11H20N2O4S2. The minimum absolute atomic E-state index is 0.287. The Morgan fingerprint density at radius 3 is 2.74 bits per heavy atom. The summed E-state index contributed by atoms with van der Waals surface area (Å²) in [6.45, 7) is 3.32. The molecule has 19 heavy (non-hydrogen) atoms. The van der Waals surface area contributed by atoms with Gasteiger partial charge in [-0.05, 0) is 18.8 Å². The molecule has 2 rings (SSSR count). The first-order chi connectivity index (χ1) is 8.93. The van der Waals surface area contributed by atoms with Crippen molar-refractivity contribution in [1.82, 2.24) is 8.61 Å². The molecule has 1 N–H and O–H groups in total. The summed E-state index contributed by atoms with van der Waals surface area (Å²) < 4.78 is 27.8. The Morgan fingerprint density at radius 1 is 1.37 bits per heavy atom. The molecule has 2 aliphatic rings. The molecule has 0 spiro atoms. The van der Waals surface area contributed by atoms with Crippen LogP contribution in [0.1, 0.15) is 19.8 Å². The van der Waals surface area contributed by atoms with Crippen LogP contribution in [0.3, 0.4) is 0 Å². The summed E-state index contributed by atoms with van der Waals surface area (Å²) >= 11 is 1.49. The first-order valence-corrected chi connectivity index (χ1v) is 9.05. The number of carbonyl (C=O) groups is 1. The molecule has 0 bridgehead atoms. The zero-order valence-electron chi connectivity index (χ0n) is 11.0. The van der Waals surface area contributed by atoms with Gasteiger partial charge >= 0.3 is 5.97 Å². The van der Waals surface area contributed by atoms with Crippen LogP contribution in [0.25, 0.3) is 0 Å². The Kier molecular flexibility index (Phi) is 4.75. The number of carboxylic acid groups (broad SMARTS) is 1. The van der Waals surface area contributed by atoms with Crippen molar-refractivity contribution in [1.29, 1.82) is 0 Å². The van der Waals surface area contributed by atoms with Crippen molar-refractivity contribution in [2.24, 2.45) is 5.92 Å². The molecule has 2 heterocycles. The molecule has 110 valence electrons. The Morgan fingerprint density at radius 2 is 2.11 bits per heavy atom. The zero-order valence-corrected chi connectivity index (χ0v) is 12.6. The van der Waals surface area contributed by atoms with E-state index in [0.717, 1.165) is 12.8 Å². The maximum atomic E-state index is 12.6. The number of carboxylic acids is 1. The number of piperidine rings is 1. The van der Waals surface area contributed by atoms with Crippen molar-refractivity contribution >= 4 is 27.9 Å². The Hall–Kier alpha value is -0.310. The summed E-state index contributed by atoms with van der Waals surface area (Å²) in [7, 11) is -3.64. The fraction of sp³-hybridized carbons (Fsp3) is 0.909. The fourth-order valence-electron chi connectivity index (χ4n) is 2.56. The first-order valence-electron chi connectivity index (χ1n) is 6.50. The van der Waals surface area contributed by atoms with Crippen LogP contribution in [0.2, 0.25) is 0 Å². The van der Waals surface area contributed by atoms with E-state index in [1.54, 1.807) is 0 Å². The second kappa shape index (κ2) is 5.99. The largest absolute Gasteiger partial charge is 0.480 e. The third-order valence-electron chi connectivity index (χ3n) is 3.61. The molecule has 2 aliphatic heterocycles. The van der Waals surface area contributed by atoms with E-state index in [-0.39, 0.29) is 6.54 Å². The SMILES string of the molecule is CC1CCCN(S(=O)(=O)N2CCSCC2C(=O)O)C1. The van der Waals surface area contributed by atoms with Crippen LogP contribution in [0.4, 0.5) is 0 Å². The van der Waals surface area contributed by atoms with E-state index >= 15 is 0 Å². The van der Waals surface area contributed by atoms with Gasteiger partial charge in [-0.1, -0.05) is 6.92 Å². The molecule has 6 nitrogen and oxygen atoms in total. The van der Waals surface area contributed by atoms with Crippen LogP contribution in [0.15, 0.2) is 0 Å². The van der Waals surface area contributed by atoms with E-state index in [0.29, 0.717) is 30.5 Å². The van der Waals surface area contributed by atoms with Crippen molar-refractivity contribution in [2.75, 3.05) is 31.1 Å². The van der Waals surface area contributed by atoms with E-state index in [1.807, 2.05) is 6.92 Å². The molecule has 0 aromatic heterocycles. The highest BCUT2D eigenvalue weighted by molar-refractivity contribution is 7.99. The molecule has 0 saturated carbocycles. The smallest absolute Gasteiger partial charge is 0.322 e. The van der Waals surface area contributed by atoms with Crippen molar-refractivity contribution < 1.29 is 18.3 Å². The van der Waals surface area contributed by atoms with Crippen molar-refractivity contribution in [3.63, 3.8) is 0 Å². The molecule has 2 atom stereocenters. The van der Waals surface area contributed by atoms with Gasteiger partial charge in [-0.15, -0.1) is 0 Å². The number of hydrogen-bond donors (Lipinski definition) is 1. The van der Waals surface area contributed by atoms with Crippen LogP contribution in [0, 0.1) is 5.92 Å². The summed E-state index contributed by atoms with van der Waals surface area (Å²) in [5.41, 5.74) is 0. The van der Waals surface area contributed by atoms with E-state index in [9.17, 15) is 18.3 Å². The van der Waals surface area contributed by atoms with Gasteiger partial charge in [-0.25, -0.2) is 0 Å². The summed E-state index contributed by atoms with van der Waals surface area (Å²) in [5, 5.41) is 9.18. The highest BCUT2D eigenvalue weighted by Gasteiger charge is 2.41. The number of thioether (sulfide) groups is 1. The average molecular weight is 308 g/mol. The highest BCUT2D eigenvalue weighted by Crippen LogP contribution is 2.25. The van der Waals surface area contributed by atoms with Gasteiger partial charge in [-0.3, -0.25) is 4.79 Å². The van der Waals surface area contributed by atoms with E-state index < -0.39 is 22.2 Å². The van der Waals surface area contributed by atoms with Crippen molar-refractivity contribution in [3.05, 3.63) is 0 Å². The van der Waals surface area contributed by atoms with Crippen LogP contribution < -0.4 is 0 Å². The molecule has 2 unspecified atom stereocenters. The lowest BCUT2D eigenvalue weighted by Crippen LogP contribution is -2.56. The summed E-state index contributed by atoms with van der Waals surface area (Å²) in [5.74, 6) is 0.275. The van der Waals surface area contributed by atoms with Gasteiger partial charge in [0.25, 0.3) is 10.2 Å². The van der Waals surface area contributed by atoms with Gasteiger partial charge in [0.1, 0.15) is 6.04 Å². The third-order valence-corrected chi connectivity index (χ3v) is 6.64. The standard InChI is InChI=1S/C11H20N2O4S2/c1-9-3-2-4-12(7-9)19(16,17)13-5-6-18-8-10(13)11(14)15/h9-10H,2-8H2,1H3,(H,14,15). The predicted octanol–water partition coefficient (Wildman–Crippen LogP) is 0.465. The number of aliphatic carboxylic acids is 1. The molecule has 2 saturated heterocycles. The van der Waals surface area contributed by atoms with Gasteiger partial charge in [0.05, 0.1) is 0 Å². The van der Waals surface area contributed by atoms with Crippen molar-refractivity contribution in [3.8, 4) is 0 Å². The number of nitrogens with zero attached hydrogens (tertiary/aromatic N) is 2. The Balaban J connectivity index is 2.19. The summed E-state index contributed by atoms with van der Waals surface area (Å²) in [6, 6.07) is -0.930. The van der Waals surface area contributed by atoms with Crippen LogP contribution in [0.5, 0.6) is 0 Å². The van der Waals surface area contributed by atoms with E-state index in [1.165, 1.54) is 20.4 Å². The summed E-state index contributed by atoms with van der Waals surface area (Å²) in [4.78, 5) is 11.2. The lowest BCUT2D eigenvalue weighted by Gasteiger charge is -2.38. The number of hydrogen-bond acceptors (Lipinski definition) is 4. The van der Waals surface area contributed by atoms with Crippen LogP contribution >= 0.6 is 11.8 Å². The maximum Gasteiger partial charge on any atom is 0.322 e. The molecule has 0 aromatic rings. The first kappa shape index (κ1) is 15.1. The van der Waals surface area contributed by atoms with Gasteiger partial charge in [0.2, 0.25) is 0 Å². The molecule has 0 radical (unpaired) electrons. The molecule has 0 aromatic carbocycles. The van der Waals surface area contributed by atoms with Crippen LogP contribution in [-0.4, -0.2) is 65.3 Å². The van der Waals surface area contributed by atoms with Gasteiger partial charge in [0.15, 0.2) is 0 Å². The fourth-order valence-corrected chi connectivity index (χ4v) is 5.72. The minimum Gasteiger partial charge on any atom is -0.480 e. The monoisotopic (exact) mass is 308 g/mol. The molecule has 2 fully saturated rings. The average Bonchev–Trinajstić information content (AvgIpc) is 2.38. The molecule has 8 heteroatoms. The predicted molar refractivity (Wildman–Crippen MR) is 74.3 cm³/mol. The molecule has 0 aliphatic carbocycles. The summed E-state index contributed by atoms with van der Waals surface area (Å²) in [6.07, 6.45) is 1.88. The lowest BCUT2D eigenvalue weighted by atomic mass is 10.0. The minimum atomic E-state index is -3.64. The molecular weight excluding hydrogens is 288 g/mol. The Bertz CT molecular complexity index is 440. The van der Waals surface area contributed by atoms with Gasteiger partial charge in [-0.2, -0.15) is 28.8 Å². The normalized spacial score (nSPS) is 31.2. The lowest BCUT2D eigenvalue weighted by molar-refractivity contribution is -0.140. The highest BCUT2D eigenvalue weighted by atomic mass is 32.2. The quantitative estimate of drug-likeness (QED) is 0.820. The van der Waals surface area contributed by atoms with Gasteiger partial charge < -0.3 is 5.11 Å². The second-order valence-corrected chi connectivity index (χ2v) is 8.18. The maximum absolute atomic E-state index is 12.6. The topological polar surface area (TPSA) is 77.9 Å². The zero-order chi connectivity index (χ0) is 14.0. The number of rotatable bonds is 3.